The van der Waals surface area contributed by atoms with Crippen LogP contribution in [0.2, 0.25) is 10.0 Å². The van der Waals surface area contributed by atoms with Crippen molar-refractivity contribution < 1.29 is 13.2 Å². The van der Waals surface area contributed by atoms with Crippen LogP contribution < -0.4 is 10.0 Å². The molecule has 166 valence electrons. The number of halogens is 2. The normalized spacial score (nSPS) is 17.1. The van der Waals surface area contributed by atoms with Crippen LogP contribution in [0.4, 0.5) is 0 Å². The van der Waals surface area contributed by atoms with Crippen LogP contribution in [0.3, 0.4) is 0 Å². The molecule has 2 N–H and O–H groups in total. The van der Waals surface area contributed by atoms with Crippen molar-refractivity contribution in [3.63, 3.8) is 0 Å². The van der Waals surface area contributed by atoms with Gasteiger partial charge in [0.2, 0.25) is 10.0 Å². The van der Waals surface area contributed by atoms with Gasteiger partial charge in [0.15, 0.2) is 0 Å². The van der Waals surface area contributed by atoms with Gasteiger partial charge in [-0.15, -0.1) is 0 Å². The molecule has 4 rings (SSSR count). The summed E-state index contributed by atoms with van der Waals surface area (Å²) in [6, 6.07) is 10.5. The van der Waals surface area contributed by atoms with E-state index in [1.165, 1.54) is 30.5 Å². The van der Waals surface area contributed by atoms with Gasteiger partial charge in [0.25, 0.3) is 5.91 Å². The molecule has 1 saturated heterocycles. The van der Waals surface area contributed by atoms with Gasteiger partial charge in [-0.25, -0.2) is 13.1 Å². The highest BCUT2D eigenvalue weighted by Crippen LogP contribution is 2.30. The fraction of sp³-hybridized carbons (Fsp3) is 0.409. The highest BCUT2D eigenvalue weighted by Gasteiger charge is 2.30. The summed E-state index contributed by atoms with van der Waals surface area (Å²) in [4.78, 5) is 15.1. The number of nitrogens with zero attached hydrogens (tertiary/aromatic N) is 1. The first-order valence-electron chi connectivity index (χ1n) is 10.4. The molecule has 1 saturated carbocycles. The number of carbonyl (C=O) groups excluding carboxylic acids is 1. The van der Waals surface area contributed by atoms with Gasteiger partial charge in [-0.05, 0) is 62.0 Å². The molecule has 0 radical (unpaired) electrons. The van der Waals surface area contributed by atoms with Crippen LogP contribution in [0.25, 0.3) is 0 Å². The molecule has 0 atom stereocenters. The van der Waals surface area contributed by atoms with E-state index in [9.17, 15) is 13.2 Å². The number of carbonyl (C=O) groups is 1. The third-order valence-corrected chi connectivity index (χ3v) is 7.90. The number of benzene rings is 2. The number of hydrogen-bond acceptors (Lipinski definition) is 4. The van der Waals surface area contributed by atoms with Gasteiger partial charge >= 0.3 is 0 Å². The number of nitrogens with one attached hydrogen (secondary N) is 2. The maximum Gasteiger partial charge on any atom is 0.253 e. The van der Waals surface area contributed by atoms with Crippen LogP contribution in [0.15, 0.2) is 41.3 Å². The number of hydrogen-bond donors (Lipinski definition) is 2. The van der Waals surface area contributed by atoms with E-state index in [1.807, 2.05) is 18.2 Å². The molecule has 0 aromatic heterocycles. The summed E-state index contributed by atoms with van der Waals surface area (Å²) in [5, 5.41) is 2.97. The van der Waals surface area contributed by atoms with Crippen molar-refractivity contribution in [2.75, 3.05) is 13.1 Å². The molecule has 1 amide bonds. The highest BCUT2D eigenvalue weighted by molar-refractivity contribution is 7.89. The average Bonchev–Trinajstić information content (AvgIpc) is 3.37. The van der Waals surface area contributed by atoms with Gasteiger partial charge in [-0.2, -0.15) is 0 Å². The second-order valence-corrected chi connectivity index (χ2v) is 10.6. The zero-order valence-electron chi connectivity index (χ0n) is 17.0. The Bertz CT molecular complexity index is 1080. The molecule has 9 heteroatoms. The van der Waals surface area contributed by atoms with E-state index in [2.05, 4.69) is 21.0 Å². The molecule has 1 aliphatic carbocycles. The van der Waals surface area contributed by atoms with Crippen molar-refractivity contribution in [1.29, 1.82) is 0 Å². The molecule has 1 aliphatic heterocycles. The van der Waals surface area contributed by atoms with Crippen molar-refractivity contribution >= 4 is 39.1 Å². The Balaban J connectivity index is 1.49. The van der Waals surface area contributed by atoms with Crippen molar-refractivity contribution in [3.05, 3.63) is 63.1 Å². The van der Waals surface area contributed by atoms with Crippen molar-refractivity contribution in [2.24, 2.45) is 0 Å². The van der Waals surface area contributed by atoms with Gasteiger partial charge in [0.1, 0.15) is 4.90 Å². The first-order chi connectivity index (χ1) is 14.8. The monoisotopic (exact) mass is 481 g/mol. The minimum Gasteiger partial charge on any atom is -0.348 e. The van der Waals surface area contributed by atoms with E-state index in [0.717, 1.165) is 38.0 Å². The lowest BCUT2D eigenvalue weighted by Crippen LogP contribution is -2.28. The van der Waals surface area contributed by atoms with Crippen molar-refractivity contribution in [3.8, 4) is 0 Å². The molecule has 2 aromatic rings. The van der Waals surface area contributed by atoms with Crippen LogP contribution in [0, 0.1) is 0 Å². The minimum absolute atomic E-state index is 0.00865. The second-order valence-electron chi connectivity index (χ2n) is 8.09. The first kappa shape index (κ1) is 22.6. The quantitative estimate of drug-likeness (QED) is 0.597. The van der Waals surface area contributed by atoms with Gasteiger partial charge in [-0.3, -0.25) is 9.69 Å². The molecule has 1 heterocycles. The molecular weight excluding hydrogens is 457 g/mol. The molecule has 0 unspecified atom stereocenters. The summed E-state index contributed by atoms with van der Waals surface area (Å²) in [5.41, 5.74) is 2.28. The lowest BCUT2D eigenvalue weighted by atomic mass is 10.1. The molecule has 6 nitrogen and oxygen atoms in total. The van der Waals surface area contributed by atoms with E-state index < -0.39 is 15.9 Å². The third kappa shape index (κ3) is 5.59. The smallest absolute Gasteiger partial charge is 0.253 e. The lowest BCUT2D eigenvalue weighted by molar-refractivity contribution is 0.0950. The maximum absolute atomic E-state index is 12.9. The highest BCUT2D eigenvalue weighted by atomic mass is 35.5. The number of likely N-dealkylation sites (tertiary alicyclic amines) is 1. The summed E-state index contributed by atoms with van der Waals surface area (Å²) in [6.45, 7) is 3.35. The van der Waals surface area contributed by atoms with Gasteiger partial charge < -0.3 is 5.32 Å². The lowest BCUT2D eigenvalue weighted by Gasteiger charge is -2.18. The van der Waals surface area contributed by atoms with E-state index in [1.54, 1.807) is 0 Å². The Hall–Kier alpha value is -1.64. The van der Waals surface area contributed by atoms with E-state index in [0.29, 0.717) is 6.54 Å². The molecular formula is C22H25Cl2N3O3S. The van der Waals surface area contributed by atoms with Crippen LogP contribution in [-0.2, 0) is 23.1 Å². The Morgan fingerprint density at radius 1 is 1.03 bits per heavy atom. The van der Waals surface area contributed by atoms with Gasteiger partial charge in [-0.1, -0.05) is 47.5 Å². The average molecular weight is 482 g/mol. The second kappa shape index (κ2) is 9.46. The van der Waals surface area contributed by atoms with E-state index in [-0.39, 0.29) is 26.5 Å². The Morgan fingerprint density at radius 3 is 2.39 bits per heavy atom. The van der Waals surface area contributed by atoms with Gasteiger partial charge in [0, 0.05) is 19.1 Å². The standard InChI is InChI=1S/C22H25Cl2N3O3S/c23-19-12-20(24)21(31(29,30)26-17-7-8-17)11-18(19)22(28)25-13-15-5-1-2-6-16(15)14-27-9-3-4-10-27/h1-2,5-6,11-12,17,26H,3-4,7-10,13-14H2,(H,25,28). The molecule has 2 fully saturated rings. The zero-order valence-corrected chi connectivity index (χ0v) is 19.4. The molecule has 2 aromatic carbocycles. The van der Waals surface area contributed by atoms with Crippen LogP contribution in [-0.4, -0.2) is 38.4 Å². The summed E-state index contributed by atoms with van der Waals surface area (Å²) in [5.74, 6) is -0.444. The maximum atomic E-state index is 12.9. The van der Waals surface area contributed by atoms with Crippen LogP contribution >= 0.6 is 23.2 Å². The van der Waals surface area contributed by atoms with E-state index >= 15 is 0 Å². The molecule has 0 bridgehead atoms. The van der Waals surface area contributed by atoms with Crippen molar-refractivity contribution in [1.82, 2.24) is 14.9 Å². The summed E-state index contributed by atoms with van der Waals surface area (Å²) < 4.78 is 27.8. The molecule has 2 aliphatic rings. The SMILES string of the molecule is O=C(NCc1ccccc1CN1CCCC1)c1cc(S(=O)(=O)NC2CC2)c(Cl)cc1Cl. The first-order valence-corrected chi connectivity index (χ1v) is 12.7. The molecule has 31 heavy (non-hydrogen) atoms. The van der Waals surface area contributed by atoms with Crippen LogP contribution in [0.1, 0.15) is 47.2 Å². The molecule has 0 spiro atoms. The van der Waals surface area contributed by atoms with E-state index in [4.69, 9.17) is 23.2 Å². The van der Waals surface area contributed by atoms with Crippen LogP contribution in [0.5, 0.6) is 0 Å². The Kier molecular flexibility index (Phi) is 6.89. The summed E-state index contributed by atoms with van der Waals surface area (Å²) in [7, 11) is -3.81. The Labute approximate surface area is 193 Å². The minimum atomic E-state index is -3.81. The van der Waals surface area contributed by atoms with Gasteiger partial charge in [0.05, 0.1) is 15.6 Å². The summed E-state index contributed by atoms with van der Waals surface area (Å²) >= 11 is 12.4. The summed E-state index contributed by atoms with van der Waals surface area (Å²) in [6.07, 6.45) is 4.03. The predicted molar refractivity (Wildman–Crippen MR) is 122 cm³/mol. The fourth-order valence-corrected chi connectivity index (χ4v) is 5.89. The number of amides is 1. The fourth-order valence-electron chi connectivity index (χ4n) is 3.73. The largest absolute Gasteiger partial charge is 0.348 e. The zero-order chi connectivity index (χ0) is 22.0. The number of rotatable bonds is 8. The number of sulfonamides is 1. The topological polar surface area (TPSA) is 78.5 Å². The third-order valence-electron chi connectivity index (χ3n) is 5.61. The predicted octanol–water partition coefficient (Wildman–Crippen LogP) is 3.96. The Morgan fingerprint density at radius 2 is 1.71 bits per heavy atom. The van der Waals surface area contributed by atoms with Crippen molar-refractivity contribution in [2.45, 2.75) is 49.7 Å².